The van der Waals surface area contributed by atoms with E-state index in [1.807, 2.05) is 19.9 Å². The van der Waals surface area contributed by atoms with E-state index in [-0.39, 0.29) is 5.69 Å². The predicted octanol–water partition coefficient (Wildman–Crippen LogP) is 3.09. The summed E-state index contributed by atoms with van der Waals surface area (Å²) in [5.74, 6) is 0.501. The Morgan fingerprint density at radius 2 is 2.14 bits per heavy atom. The first-order valence-corrected chi connectivity index (χ1v) is 6.37. The van der Waals surface area contributed by atoms with E-state index in [2.05, 4.69) is 16.4 Å². The fourth-order valence-corrected chi connectivity index (χ4v) is 2.07. The molecule has 2 aromatic rings. The smallest absolute Gasteiger partial charge is 0.269 e. The molecule has 0 aliphatic heterocycles. The fraction of sp³-hybridized carbons (Fsp3) is 0.200. The van der Waals surface area contributed by atoms with Crippen LogP contribution in [0.2, 0.25) is 0 Å². The summed E-state index contributed by atoms with van der Waals surface area (Å²) in [4.78, 5) is 14.6. The molecule has 0 saturated heterocycles. The summed E-state index contributed by atoms with van der Waals surface area (Å²) in [6.45, 7) is 4.07. The number of nitrogens with zero attached hydrogens (tertiary/aromatic N) is 3. The van der Waals surface area contributed by atoms with Gasteiger partial charge in [0.2, 0.25) is 0 Å². The second-order valence-electron chi connectivity index (χ2n) is 4.70. The number of aryl methyl sites for hydroxylation is 2. The number of non-ortho nitro benzene ring substituents is 1. The molecule has 0 spiro atoms. The minimum atomic E-state index is -0.431. The van der Waals surface area contributed by atoms with Gasteiger partial charge >= 0.3 is 0 Å². The highest BCUT2D eigenvalue weighted by Crippen LogP contribution is 2.19. The standard InChI is InChI=1S/C15H14N4O2/c1-10-6-11(2)18-15(14(10)8-16)17-9-12-4-3-5-13(7-12)19(20)21/h3-7H,9H2,1-2H3,(H,17,18). The van der Waals surface area contributed by atoms with Crippen molar-refractivity contribution in [2.75, 3.05) is 5.32 Å². The SMILES string of the molecule is Cc1cc(C)c(C#N)c(NCc2cccc([N+](=O)[O-])c2)n1. The molecule has 6 nitrogen and oxygen atoms in total. The number of aromatic nitrogens is 1. The van der Waals surface area contributed by atoms with Crippen molar-refractivity contribution in [2.45, 2.75) is 20.4 Å². The number of benzene rings is 1. The van der Waals surface area contributed by atoms with Crippen LogP contribution in [0.4, 0.5) is 11.5 Å². The molecule has 1 N–H and O–H groups in total. The summed E-state index contributed by atoms with van der Waals surface area (Å²) >= 11 is 0. The lowest BCUT2D eigenvalue weighted by Crippen LogP contribution is -2.06. The monoisotopic (exact) mass is 282 g/mol. The fourth-order valence-electron chi connectivity index (χ4n) is 2.07. The van der Waals surface area contributed by atoms with Gasteiger partial charge < -0.3 is 5.32 Å². The average Bonchev–Trinajstić information content (AvgIpc) is 2.45. The summed E-state index contributed by atoms with van der Waals surface area (Å²) in [6.07, 6.45) is 0. The van der Waals surface area contributed by atoms with E-state index in [9.17, 15) is 15.4 Å². The largest absolute Gasteiger partial charge is 0.365 e. The van der Waals surface area contributed by atoms with Gasteiger partial charge in [-0.1, -0.05) is 12.1 Å². The van der Waals surface area contributed by atoms with Gasteiger partial charge in [0.15, 0.2) is 0 Å². The lowest BCUT2D eigenvalue weighted by atomic mass is 10.1. The minimum absolute atomic E-state index is 0.0446. The third kappa shape index (κ3) is 3.34. The van der Waals surface area contributed by atoms with Gasteiger partial charge in [-0.25, -0.2) is 4.98 Å². The van der Waals surface area contributed by atoms with Crippen LogP contribution in [0.5, 0.6) is 0 Å². The third-order valence-corrected chi connectivity index (χ3v) is 3.04. The molecule has 2 rings (SSSR count). The van der Waals surface area contributed by atoms with Crippen LogP contribution < -0.4 is 5.32 Å². The van der Waals surface area contributed by atoms with E-state index >= 15 is 0 Å². The van der Waals surface area contributed by atoms with Gasteiger partial charge in [0, 0.05) is 24.4 Å². The first kappa shape index (κ1) is 14.5. The highest BCUT2D eigenvalue weighted by Gasteiger charge is 2.09. The Morgan fingerprint density at radius 1 is 1.38 bits per heavy atom. The summed E-state index contributed by atoms with van der Waals surface area (Å²) < 4.78 is 0. The number of nitriles is 1. The number of hydrogen-bond acceptors (Lipinski definition) is 5. The van der Waals surface area contributed by atoms with Gasteiger partial charge in [0.25, 0.3) is 5.69 Å². The average molecular weight is 282 g/mol. The molecule has 0 unspecified atom stereocenters. The van der Waals surface area contributed by atoms with Crippen LogP contribution in [0.3, 0.4) is 0 Å². The lowest BCUT2D eigenvalue weighted by molar-refractivity contribution is -0.384. The molecular formula is C15H14N4O2. The van der Waals surface area contributed by atoms with Crippen LogP contribution >= 0.6 is 0 Å². The topological polar surface area (TPSA) is 91.8 Å². The highest BCUT2D eigenvalue weighted by molar-refractivity contribution is 5.56. The number of pyridine rings is 1. The van der Waals surface area contributed by atoms with Crippen LogP contribution in [-0.4, -0.2) is 9.91 Å². The van der Waals surface area contributed by atoms with Gasteiger partial charge in [-0.2, -0.15) is 5.26 Å². The molecular weight excluding hydrogens is 268 g/mol. The third-order valence-electron chi connectivity index (χ3n) is 3.04. The maximum absolute atomic E-state index is 10.7. The van der Waals surface area contributed by atoms with E-state index in [0.717, 1.165) is 16.8 Å². The molecule has 0 amide bonds. The number of nitro groups is 1. The lowest BCUT2D eigenvalue weighted by Gasteiger charge is -2.10. The number of rotatable bonds is 4. The van der Waals surface area contributed by atoms with Gasteiger partial charge in [-0.3, -0.25) is 10.1 Å². The van der Waals surface area contributed by atoms with Gasteiger partial charge in [0.1, 0.15) is 11.9 Å². The van der Waals surface area contributed by atoms with Crippen LogP contribution in [0.25, 0.3) is 0 Å². The zero-order valence-electron chi connectivity index (χ0n) is 11.8. The quantitative estimate of drug-likeness (QED) is 0.687. The maximum Gasteiger partial charge on any atom is 0.269 e. The number of anilines is 1. The van der Waals surface area contributed by atoms with E-state index in [4.69, 9.17) is 0 Å². The Hall–Kier alpha value is -2.94. The zero-order valence-corrected chi connectivity index (χ0v) is 11.8. The molecule has 21 heavy (non-hydrogen) atoms. The van der Waals surface area contributed by atoms with E-state index < -0.39 is 4.92 Å². The molecule has 0 bridgehead atoms. The number of nitrogens with one attached hydrogen (secondary N) is 1. The first-order chi connectivity index (χ1) is 10.0. The molecule has 0 aliphatic carbocycles. The van der Waals surface area contributed by atoms with Crippen LogP contribution in [0.1, 0.15) is 22.4 Å². The molecule has 0 radical (unpaired) electrons. The van der Waals surface area contributed by atoms with Crippen molar-refractivity contribution >= 4 is 11.5 Å². The van der Waals surface area contributed by atoms with Crippen LogP contribution in [0, 0.1) is 35.3 Å². The highest BCUT2D eigenvalue weighted by atomic mass is 16.6. The van der Waals surface area contributed by atoms with E-state index in [0.29, 0.717) is 17.9 Å². The predicted molar refractivity (Wildman–Crippen MR) is 78.8 cm³/mol. The van der Waals surface area contributed by atoms with Crippen molar-refractivity contribution in [2.24, 2.45) is 0 Å². The Kier molecular flexibility index (Phi) is 4.14. The van der Waals surface area contributed by atoms with Crippen molar-refractivity contribution < 1.29 is 4.92 Å². The normalized spacial score (nSPS) is 9.95. The van der Waals surface area contributed by atoms with Crippen molar-refractivity contribution in [1.29, 1.82) is 5.26 Å². The van der Waals surface area contributed by atoms with Crippen LogP contribution in [0.15, 0.2) is 30.3 Å². The molecule has 1 aromatic carbocycles. The number of nitro benzene ring substituents is 1. The minimum Gasteiger partial charge on any atom is -0.365 e. The second-order valence-corrected chi connectivity index (χ2v) is 4.70. The summed E-state index contributed by atoms with van der Waals surface area (Å²) in [5, 5.41) is 23.0. The van der Waals surface area contributed by atoms with E-state index in [1.165, 1.54) is 12.1 Å². The van der Waals surface area contributed by atoms with Gasteiger partial charge in [0.05, 0.1) is 10.5 Å². The van der Waals surface area contributed by atoms with Crippen molar-refractivity contribution in [3.63, 3.8) is 0 Å². The Bertz CT molecular complexity index is 735. The van der Waals surface area contributed by atoms with Crippen LogP contribution in [-0.2, 0) is 6.54 Å². The zero-order chi connectivity index (χ0) is 15.4. The van der Waals surface area contributed by atoms with Gasteiger partial charge in [-0.05, 0) is 31.0 Å². The molecule has 0 aliphatic rings. The van der Waals surface area contributed by atoms with Gasteiger partial charge in [-0.15, -0.1) is 0 Å². The molecule has 0 atom stereocenters. The summed E-state index contributed by atoms with van der Waals surface area (Å²) in [5.41, 5.74) is 2.96. The Labute approximate surface area is 122 Å². The van der Waals surface area contributed by atoms with Crippen molar-refractivity contribution in [1.82, 2.24) is 4.98 Å². The number of hydrogen-bond donors (Lipinski definition) is 1. The second kappa shape index (κ2) is 6.01. The summed E-state index contributed by atoms with van der Waals surface area (Å²) in [7, 11) is 0. The molecule has 1 heterocycles. The Balaban J connectivity index is 2.23. The van der Waals surface area contributed by atoms with Crippen molar-refractivity contribution in [3.8, 4) is 6.07 Å². The van der Waals surface area contributed by atoms with Crippen molar-refractivity contribution in [3.05, 3.63) is 62.8 Å². The first-order valence-electron chi connectivity index (χ1n) is 6.37. The summed E-state index contributed by atoms with van der Waals surface area (Å²) in [6, 6.07) is 10.3. The molecule has 106 valence electrons. The molecule has 1 aromatic heterocycles. The van der Waals surface area contributed by atoms with E-state index in [1.54, 1.807) is 12.1 Å². The molecule has 0 fully saturated rings. The molecule has 6 heteroatoms. The molecule has 0 saturated carbocycles. The maximum atomic E-state index is 10.7. The Morgan fingerprint density at radius 3 is 2.81 bits per heavy atom.